The van der Waals surface area contributed by atoms with Crippen LogP contribution in [0.5, 0.6) is 0 Å². The lowest BCUT2D eigenvalue weighted by Crippen LogP contribution is -2.21. The molecule has 0 saturated heterocycles. The molecule has 14 heavy (non-hydrogen) atoms. The molecule has 0 aromatic carbocycles. The molecule has 0 aliphatic rings. The van der Waals surface area contributed by atoms with Gasteiger partial charge in [0.1, 0.15) is 6.10 Å². The van der Waals surface area contributed by atoms with Crippen LogP contribution in [0, 0.1) is 0 Å². The van der Waals surface area contributed by atoms with E-state index in [4.69, 9.17) is 5.73 Å². The highest BCUT2D eigenvalue weighted by Crippen LogP contribution is 2.18. The van der Waals surface area contributed by atoms with Gasteiger partial charge in [0.25, 0.3) is 0 Å². The highest BCUT2D eigenvalue weighted by Gasteiger charge is 2.18. The van der Waals surface area contributed by atoms with Gasteiger partial charge in [-0.15, -0.1) is 0 Å². The second-order valence-corrected chi connectivity index (χ2v) is 3.10. The molecule has 1 rings (SSSR count). The van der Waals surface area contributed by atoms with E-state index in [0.29, 0.717) is 30.5 Å². The smallest absolute Gasteiger partial charge is 0.166 e. The first-order valence-corrected chi connectivity index (χ1v) is 4.38. The van der Waals surface area contributed by atoms with Crippen molar-refractivity contribution < 1.29 is 15.0 Å². The summed E-state index contributed by atoms with van der Waals surface area (Å²) in [6, 6.07) is 1.50. The van der Waals surface area contributed by atoms with E-state index in [-0.39, 0.29) is 0 Å². The summed E-state index contributed by atoms with van der Waals surface area (Å²) in [4.78, 5) is 13.0. The summed E-state index contributed by atoms with van der Waals surface area (Å²) in [5.74, 6) is 0. The Morgan fingerprint density at radius 1 is 1.57 bits per heavy atom. The van der Waals surface area contributed by atoms with E-state index >= 15 is 0 Å². The Labute approximate surface area is 81.6 Å². The van der Waals surface area contributed by atoms with Crippen LogP contribution in [0.3, 0.4) is 0 Å². The van der Waals surface area contributed by atoms with Crippen LogP contribution in [0.25, 0.3) is 0 Å². The second-order valence-electron chi connectivity index (χ2n) is 3.10. The van der Waals surface area contributed by atoms with Gasteiger partial charge in [-0.1, -0.05) is 0 Å². The number of aliphatic hydroxyl groups is 2. The van der Waals surface area contributed by atoms with Crippen molar-refractivity contribution in [2.45, 2.75) is 18.6 Å². The zero-order valence-corrected chi connectivity index (χ0v) is 7.68. The summed E-state index contributed by atoms with van der Waals surface area (Å²) in [6.45, 7) is 0.309. The molecule has 2 atom stereocenters. The summed E-state index contributed by atoms with van der Waals surface area (Å²) in [6.07, 6.45) is 0.571. The van der Waals surface area contributed by atoms with Crippen molar-refractivity contribution in [3.63, 3.8) is 0 Å². The van der Waals surface area contributed by atoms with Gasteiger partial charge in [0.2, 0.25) is 0 Å². The van der Waals surface area contributed by atoms with E-state index in [9.17, 15) is 15.0 Å². The molecule has 0 amide bonds. The van der Waals surface area contributed by atoms with Gasteiger partial charge < -0.3 is 20.9 Å². The van der Waals surface area contributed by atoms with Crippen LogP contribution in [0.15, 0.2) is 12.3 Å². The van der Waals surface area contributed by atoms with Crippen LogP contribution in [-0.2, 0) is 0 Å². The number of rotatable bonds is 5. The molecule has 1 aromatic heterocycles. The number of carbonyl (C=O) groups is 1. The Morgan fingerprint density at radius 2 is 2.29 bits per heavy atom. The third kappa shape index (κ3) is 2.41. The Kier molecular flexibility index (Phi) is 3.82. The predicted octanol–water partition coefficient (Wildman–Crippen LogP) is -0.430. The molecule has 1 heterocycles. The lowest BCUT2D eigenvalue weighted by atomic mass is 10.1. The normalized spacial score (nSPS) is 15.1. The maximum atomic E-state index is 10.3. The van der Waals surface area contributed by atoms with Gasteiger partial charge in [0.15, 0.2) is 6.29 Å². The molecule has 78 valence electrons. The van der Waals surface area contributed by atoms with E-state index in [1.54, 1.807) is 0 Å². The molecule has 5 N–H and O–H groups in total. The van der Waals surface area contributed by atoms with E-state index in [1.165, 1.54) is 12.3 Å². The molecule has 0 spiro atoms. The van der Waals surface area contributed by atoms with Crippen molar-refractivity contribution >= 4 is 6.29 Å². The molecule has 0 radical (unpaired) electrons. The maximum absolute atomic E-state index is 10.3. The number of aldehydes is 1. The molecule has 0 fully saturated rings. The monoisotopic (exact) mass is 198 g/mol. The van der Waals surface area contributed by atoms with Gasteiger partial charge in [-0.3, -0.25) is 4.79 Å². The van der Waals surface area contributed by atoms with E-state index < -0.39 is 12.2 Å². The Balaban J connectivity index is 2.67. The molecule has 5 heteroatoms. The predicted molar refractivity (Wildman–Crippen MR) is 50.8 cm³/mol. The summed E-state index contributed by atoms with van der Waals surface area (Å²) >= 11 is 0. The summed E-state index contributed by atoms with van der Waals surface area (Å²) < 4.78 is 0. The molecule has 5 nitrogen and oxygen atoms in total. The molecule has 0 aliphatic heterocycles. The summed E-state index contributed by atoms with van der Waals surface area (Å²) in [5.41, 5.74) is 6.11. The van der Waals surface area contributed by atoms with Crippen molar-refractivity contribution in [2.24, 2.45) is 5.73 Å². The largest absolute Gasteiger partial charge is 0.390 e. The Morgan fingerprint density at radius 3 is 2.79 bits per heavy atom. The van der Waals surface area contributed by atoms with Crippen molar-refractivity contribution in [3.05, 3.63) is 23.5 Å². The van der Waals surface area contributed by atoms with Crippen LogP contribution in [0.1, 0.15) is 28.6 Å². The van der Waals surface area contributed by atoms with Crippen molar-refractivity contribution in [1.29, 1.82) is 0 Å². The minimum absolute atomic E-state index is 0.309. The fraction of sp³-hybridized carbons (Fsp3) is 0.444. The van der Waals surface area contributed by atoms with Gasteiger partial charge in [0.05, 0.1) is 11.8 Å². The number of nitrogens with one attached hydrogen (secondary N) is 1. The number of nitrogens with two attached hydrogens (primary N) is 1. The first-order chi connectivity index (χ1) is 6.69. The first-order valence-electron chi connectivity index (χ1n) is 4.38. The summed E-state index contributed by atoms with van der Waals surface area (Å²) in [5, 5.41) is 19.0. The summed E-state index contributed by atoms with van der Waals surface area (Å²) in [7, 11) is 0. The van der Waals surface area contributed by atoms with Gasteiger partial charge in [-0.2, -0.15) is 0 Å². The maximum Gasteiger partial charge on any atom is 0.166 e. The average Bonchev–Trinajstić information content (AvgIpc) is 2.65. The van der Waals surface area contributed by atoms with Gasteiger partial charge in [-0.25, -0.2) is 0 Å². The third-order valence-corrected chi connectivity index (χ3v) is 2.02. The fourth-order valence-corrected chi connectivity index (χ4v) is 1.22. The van der Waals surface area contributed by atoms with E-state index in [1.807, 2.05) is 0 Å². The molecule has 0 aliphatic carbocycles. The number of carbonyl (C=O) groups excluding carboxylic acids is 1. The van der Waals surface area contributed by atoms with E-state index in [2.05, 4.69) is 4.98 Å². The zero-order valence-electron chi connectivity index (χ0n) is 7.68. The first kappa shape index (κ1) is 10.9. The molecule has 1 aromatic rings. The van der Waals surface area contributed by atoms with Crippen molar-refractivity contribution in [1.82, 2.24) is 4.98 Å². The van der Waals surface area contributed by atoms with Crippen LogP contribution in [0.2, 0.25) is 0 Å². The minimum atomic E-state index is -0.997. The highest BCUT2D eigenvalue weighted by atomic mass is 16.3. The number of hydrogen-bond acceptors (Lipinski definition) is 4. The Bertz CT molecular complexity index is 298. The van der Waals surface area contributed by atoms with Crippen molar-refractivity contribution in [2.75, 3.05) is 6.54 Å². The van der Waals surface area contributed by atoms with Crippen LogP contribution in [0.4, 0.5) is 0 Å². The average molecular weight is 198 g/mol. The van der Waals surface area contributed by atoms with Crippen LogP contribution >= 0.6 is 0 Å². The highest BCUT2D eigenvalue weighted by molar-refractivity contribution is 5.72. The Hall–Kier alpha value is -1.17. The second kappa shape index (κ2) is 4.90. The molecule has 2 unspecified atom stereocenters. The van der Waals surface area contributed by atoms with Gasteiger partial charge >= 0.3 is 0 Å². The number of aliphatic hydroxyl groups excluding tert-OH is 2. The number of aromatic amines is 1. The number of H-pyrrole nitrogens is 1. The lowest BCUT2D eigenvalue weighted by Gasteiger charge is -2.15. The third-order valence-electron chi connectivity index (χ3n) is 2.02. The van der Waals surface area contributed by atoms with Gasteiger partial charge in [0, 0.05) is 11.8 Å². The molecule has 0 bridgehead atoms. The zero-order chi connectivity index (χ0) is 10.6. The van der Waals surface area contributed by atoms with Gasteiger partial charge in [-0.05, 0) is 19.0 Å². The topological polar surface area (TPSA) is 99.3 Å². The fourth-order valence-electron chi connectivity index (χ4n) is 1.22. The standard InChI is InChI=1S/C9H14N2O3/c10-2-1-8(13)9(14)6-3-7(5-12)11-4-6/h3-5,8-9,11,13-14H,1-2,10H2. The number of aromatic nitrogens is 1. The quantitative estimate of drug-likeness (QED) is 0.482. The molecular weight excluding hydrogens is 184 g/mol. The number of hydrogen-bond donors (Lipinski definition) is 4. The molecule has 0 saturated carbocycles. The van der Waals surface area contributed by atoms with E-state index in [0.717, 1.165) is 0 Å². The SMILES string of the molecule is NCCC(O)C(O)c1c[nH]c(C=O)c1. The van der Waals surface area contributed by atoms with Crippen LogP contribution in [-0.4, -0.2) is 34.1 Å². The van der Waals surface area contributed by atoms with Crippen molar-refractivity contribution in [3.8, 4) is 0 Å². The minimum Gasteiger partial charge on any atom is -0.390 e. The van der Waals surface area contributed by atoms with Crippen LogP contribution < -0.4 is 5.73 Å². The lowest BCUT2D eigenvalue weighted by molar-refractivity contribution is 0.0151. The molecular formula is C9H14N2O3.